The Kier molecular flexibility index (Phi) is 4.56. The fraction of sp³-hybridized carbons (Fsp3) is 0.125. The molecule has 0 unspecified atom stereocenters. The standard InChI is InChI=1S/C16H16N2O3/c1-11-4-3-5-13(10-11)16(20)18-17-15(19)9-8-14-7-6-12(2)21-14/h3-10H,1-2H3,(H,17,19)(H,18,20). The molecule has 2 amide bonds. The van der Waals surface area contributed by atoms with Crippen molar-refractivity contribution in [3.05, 3.63) is 65.1 Å². The van der Waals surface area contributed by atoms with Crippen LogP contribution >= 0.6 is 0 Å². The van der Waals surface area contributed by atoms with Gasteiger partial charge >= 0.3 is 0 Å². The first-order valence-electron chi connectivity index (χ1n) is 6.46. The predicted molar refractivity (Wildman–Crippen MR) is 79.3 cm³/mol. The highest BCUT2D eigenvalue weighted by Crippen LogP contribution is 2.07. The SMILES string of the molecule is Cc1cccc(C(=O)NNC(=O)C=Cc2ccc(C)o2)c1. The summed E-state index contributed by atoms with van der Waals surface area (Å²) in [6, 6.07) is 10.6. The van der Waals surface area contributed by atoms with Crippen LogP contribution in [0, 0.1) is 13.8 Å². The minimum Gasteiger partial charge on any atom is -0.462 e. The number of hydrogen-bond donors (Lipinski definition) is 2. The van der Waals surface area contributed by atoms with Crippen molar-refractivity contribution in [3.8, 4) is 0 Å². The van der Waals surface area contributed by atoms with Crippen LogP contribution in [-0.4, -0.2) is 11.8 Å². The Morgan fingerprint density at radius 1 is 1.10 bits per heavy atom. The molecule has 2 N–H and O–H groups in total. The molecular weight excluding hydrogens is 268 g/mol. The molecule has 1 aromatic carbocycles. The van der Waals surface area contributed by atoms with Crippen LogP contribution in [0.3, 0.4) is 0 Å². The first-order chi connectivity index (χ1) is 10.0. The third-order valence-corrected chi connectivity index (χ3v) is 2.74. The van der Waals surface area contributed by atoms with Gasteiger partial charge in [0.2, 0.25) is 0 Å². The molecular formula is C16H16N2O3. The molecule has 0 aliphatic heterocycles. The molecule has 5 nitrogen and oxygen atoms in total. The van der Waals surface area contributed by atoms with Gasteiger partial charge in [-0.2, -0.15) is 0 Å². The van der Waals surface area contributed by atoms with Crippen LogP contribution in [0.5, 0.6) is 0 Å². The topological polar surface area (TPSA) is 71.3 Å². The Morgan fingerprint density at radius 3 is 2.57 bits per heavy atom. The number of aryl methyl sites for hydroxylation is 2. The van der Waals surface area contributed by atoms with E-state index in [0.29, 0.717) is 11.3 Å². The molecule has 0 bridgehead atoms. The lowest BCUT2D eigenvalue weighted by Gasteiger charge is -2.05. The first-order valence-corrected chi connectivity index (χ1v) is 6.46. The second kappa shape index (κ2) is 6.56. The lowest BCUT2D eigenvalue weighted by molar-refractivity contribution is -0.117. The second-order valence-electron chi connectivity index (χ2n) is 4.59. The van der Waals surface area contributed by atoms with Crippen LogP contribution < -0.4 is 10.9 Å². The third kappa shape index (κ3) is 4.35. The minimum absolute atomic E-state index is 0.366. The van der Waals surface area contributed by atoms with Crippen molar-refractivity contribution in [2.75, 3.05) is 0 Å². The maximum atomic E-state index is 11.8. The molecule has 2 aromatic rings. The summed E-state index contributed by atoms with van der Waals surface area (Å²) >= 11 is 0. The number of furan rings is 1. The highest BCUT2D eigenvalue weighted by molar-refractivity contribution is 5.97. The molecule has 0 radical (unpaired) electrons. The largest absolute Gasteiger partial charge is 0.462 e. The molecule has 0 aliphatic carbocycles. The molecule has 1 aromatic heterocycles. The van der Waals surface area contributed by atoms with Crippen molar-refractivity contribution in [1.82, 2.24) is 10.9 Å². The van der Waals surface area contributed by atoms with E-state index in [-0.39, 0.29) is 5.91 Å². The van der Waals surface area contributed by atoms with Gasteiger partial charge in [0.05, 0.1) is 0 Å². The van der Waals surface area contributed by atoms with Gasteiger partial charge in [0.25, 0.3) is 11.8 Å². The van der Waals surface area contributed by atoms with Crippen molar-refractivity contribution in [2.24, 2.45) is 0 Å². The van der Waals surface area contributed by atoms with E-state index in [4.69, 9.17) is 4.42 Å². The van der Waals surface area contributed by atoms with E-state index < -0.39 is 5.91 Å². The van der Waals surface area contributed by atoms with Crippen molar-refractivity contribution >= 4 is 17.9 Å². The Hall–Kier alpha value is -2.82. The number of amides is 2. The van der Waals surface area contributed by atoms with Crippen LogP contribution in [0.2, 0.25) is 0 Å². The zero-order valence-electron chi connectivity index (χ0n) is 11.8. The number of rotatable bonds is 3. The Morgan fingerprint density at radius 2 is 1.90 bits per heavy atom. The number of carbonyl (C=O) groups is 2. The van der Waals surface area contributed by atoms with E-state index in [1.807, 2.05) is 19.9 Å². The molecule has 0 saturated heterocycles. The van der Waals surface area contributed by atoms with E-state index >= 15 is 0 Å². The van der Waals surface area contributed by atoms with Gasteiger partial charge < -0.3 is 4.42 Å². The number of benzene rings is 1. The summed E-state index contributed by atoms with van der Waals surface area (Å²) in [5.41, 5.74) is 6.12. The highest BCUT2D eigenvalue weighted by atomic mass is 16.3. The van der Waals surface area contributed by atoms with E-state index in [1.165, 1.54) is 12.2 Å². The zero-order chi connectivity index (χ0) is 15.2. The molecule has 108 valence electrons. The highest BCUT2D eigenvalue weighted by Gasteiger charge is 2.05. The summed E-state index contributed by atoms with van der Waals surface area (Å²) < 4.78 is 5.29. The van der Waals surface area contributed by atoms with Gasteiger partial charge in [-0.3, -0.25) is 20.4 Å². The minimum atomic E-state index is -0.440. The van der Waals surface area contributed by atoms with E-state index in [2.05, 4.69) is 10.9 Å². The molecule has 0 atom stereocenters. The van der Waals surface area contributed by atoms with Gasteiger partial charge in [0, 0.05) is 11.6 Å². The molecule has 2 rings (SSSR count). The lowest BCUT2D eigenvalue weighted by Crippen LogP contribution is -2.40. The van der Waals surface area contributed by atoms with Gasteiger partial charge in [-0.25, -0.2) is 0 Å². The monoisotopic (exact) mass is 284 g/mol. The van der Waals surface area contributed by atoms with Gasteiger partial charge in [-0.15, -0.1) is 0 Å². The van der Waals surface area contributed by atoms with Crippen molar-refractivity contribution in [1.29, 1.82) is 0 Å². The molecule has 0 fully saturated rings. The third-order valence-electron chi connectivity index (χ3n) is 2.74. The summed E-state index contributed by atoms with van der Waals surface area (Å²) in [6.07, 6.45) is 2.82. The number of nitrogens with one attached hydrogen (secondary N) is 2. The van der Waals surface area contributed by atoms with Gasteiger partial charge in [0.1, 0.15) is 11.5 Å². The quantitative estimate of drug-likeness (QED) is 0.671. The van der Waals surface area contributed by atoms with E-state index in [0.717, 1.165) is 11.3 Å². The predicted octanol–water partition coefficient (Wildman–Crippen LogP) is 2.37. The molecule has 0 saturated carbocycles. The second-order valence-corrected chi connectivity index (χ2v) is 4.59. The maximum absolute atomic E-state index is 11.8. The summed E-state index contributed by atoms with van der Waals surface area (Å²) in [4.78, 5) is 23.4. The van der Waals surface area contributed by atoms with Crippen LogP contribution in [0.4, 0.5) is 0 Å². The van der Waals surface area contributed by atoms with Crippen molar-refractivity contribution in [3.63, 3.8) is 0 Å². The molecule has 5 heteroatoms. The average molecular weight is 284 g/mol. The molecule has 21 heavy (non-hydrogen) atoms. The summed E-state index contributed by atoms with van der Waals surface area (Å²) in [6.45, 7) is 3.71. The number of hydrogen-bond acceptors (Lipinski definition) is 3. The summed E-state index contributed by atoms with van der Waals surface area (Å²) in [5.74, 6) is 0.537. The maximum Gasteiger partial charge on any atom is 0.269 e. The van der Waals surface area contributed by atoms with Crippen LogP contribution in [-0.2, 0) is 4.79 Å². The van der Waals surface area contributed by atoms with E-state index in [9.17, 15) is 9.59 Å². The summed E-state index contributed by atoms with van der Waals surface area (Å²) in [7, 11) is 0. The van der Waals surface area contributed by atoms with Crippen LogP contribution in [0.1, 0.15) is 27.4 Å². The fourth-order valence-electron chi connectivity index (χ4n) is 1.72. The normalized spacial score (nSPS) is 10.6. The van der Waals surface area contributed by atoms with Crippen LogP contribution in [0.25, 0.3) is 6.08 Å². The number of hydrazine groups is 1. The molecule has 1 heterocycles. The fourth-order valence-corrected chi connectivity index (χ4v) is 1.72. The van der Waals surface area contributed by atoms with Gasteiger partial charge in [-0.1, -0.05) is 17.7 Å². The molecule has 0 spiro atoms. The first kappa shape index (κ1) is 14.6. The smallest absolute Gasteiger partial charge is 0.269 e. The van der Waals surface area contributed by atoms with Gasteiger partial charge in [-0.05, 0) is 44.2 Å². The van der Waals surface area contributed by atoms with Crippen molar-refractivity contribution in [2.45, 2.75) is 13.8 Å². The van der Waals surface area contributed by atoms with Crippen molar-refractivity contribution < 1.29 is 14.0 Å². The summed E-state index contributed by atoms with van der Waals surface area (Å²) in [5, 5.41) is 0. The Bertz CT molecular complexity index is 686. The van der Waals surface area contributed by atoms with Crippen LogP contribution in [0.15, 0.2) is 46.9 Å². The Balaban J connectivity index is 1.86. The zero-order valence-corrected chi connectivity index (χ0v) is 11.8. The lowest BCUT2D eigenvalue weighted by atomic mass is 10.1. The van der Waals surface area contributed by atoms with E-state index in [1.54, 1.807) is 30.3 Å². The Labute approximate surface area is 122 Å². The molecule has 0 aliphatic rings. The number of carbonyl (C=O) groups excluding carboxylic acids is 2. The average Bonchev–Trinajstić information content (AvgIpc) is 2.88. The van der Waals surface area contributed by atoms with Gasteiger partial charge in [0.15, 0.2) is 0 Å².